The highest BCUT2D eigenvalue weighted by Gasteiger charge is 2.14. The normalized spacial score (nSPS) is 16.5. The molecule has 0 amide bonds. The van der Waals surface area contributed by atoms with Crippen LogP contribution >= 0.6 is 0 Å². The molecule has 4 nitrogen and oxygen atoms in total. The van der Waals surface area contributed by atoms with Crippen LogP contribution in [0.25, 0.3) is 11.5 Å². The zero-order valence-electron chi connectivity index (χ0n) is 10.9. The molecule has 0 atom stereocenters. The van der Waals surface area contributed by atoms with E-state index in [0.29, 0.717) is 18.0 Å². The summed E-state index contributed by atoms with van der Waals surface area (Å²) in [6, 6.07) is 3.62. The molecule has 2 heterocycles. The second-order valence-electron chi connectivity index (χ2n) is 4.80. The zero-order chi connectivity index (χ0) is 13.9. The van der Waals surface area contributed by atoms with Gasteiger partial charge in [0.05, 0.1) is 5.69 Å². The highest BCUT2D eigenvalue weighted by molar-refractivity contribution is 5.53. The summed E-state index contributed by atoms with van der Waals surface area (Å²) in [5.41, 5.74) is 1.24. The van der Waals surface area contributed by atoms with E-state index in [9.17, 15) is 8.78 Å². The lowest BCUT2D eigenvalue weighted by Gasteiger charge is -2.25. The first-order chi connectivity index (χ1) is 9.72. The average Bonchev–Trinajstić information content (AvgIpc) is 2.91. The molecule has 1 aliphatic rings. The topological polar surface area (TPSA) is 41.3 Å². The molecule has 1 aromatic carbocycles. The van der Waals surface area contributed by atoms with Crippen molar-refractivity contribution < 1.29 is 13.2 Å². The van der Waals surface area contributed by atoms with E-state index in [1.165, 1.54) is 6.07 Å². The van der Waals surface area contributed by atoms with E-state index >= 15 is 0 Å². The van der Waals surface area contributed by atoms with Gasteiger partial charge in [0.15, 0.2) is 11.6 Å². The predicted molar refractivity (Wildman–Crippen MR) is 70.0 cm³/mol. The summed E-state index contributed by atoms with van der Waals surface area (Å²) in [5, 5.41) is 3.28. The van der Waals surface area contributed by atoms with Crippen molar-refractivity contribution in [3.63, 3.8) is 0 Å². The van der Waals surface area contributed by atoms with Crippen LogP contribution in [-0.2, 0) is 6.54 Å². The summed E-state index contributed by atoms with van der Waals surface area (Å²) < 4.78 is 31.4. The SMILES string of the molecule is Fc1ccc(-c2nc(CN3CCNCC3)co2)cc1F. The van der Waals surface area contributed by atoms with Crippen LogP contribution < -0.4 is 5.32 Å². The smallest absolute Gasteiger partial charge is 0.226 e. The van der Waals surface area contributed by atoms with Crippen molar-refractivity contribution in [3.8, 4) is 11.5 Å². The van der Waals surface area contributed by atoms with Crippen LogP contribution in [0.5, 0.6) is 0 Å². The number of nitrogens with zero attached hydrogens (tertiary/aromatic N) is 2. The van der Waals surface area contributed by atoms with Crippen LogP contribution in [0.3, 0.4) is 0 Å². The van der Waals surface area contributed by atoms with Gasteiger partial charge in [0, 0.05) is 38.3 Å². The van der Waals surface area contributed by atoms with Gasteiger partial charge in [0.1, 0.15) is 6.26 Å². The number of piperazine rings is 1. The Morgan fingerprint density at radius 2 is 2.00 bits per heavy atom. The predicted octanol–water partition coefficient (Wildman–Crippen LogP) is 2.02. The van der Waals surface area contributed by atoms with Gasteiger partial charge in [-0.3, -0.25) is 4.90 Å². The number of halogens is 2. The molecule has 0 aliphatic carbocycles. The van der Waals surface area contributed by atoms with Gasteiger partial charge in [-0.25, -0.2) is 13.8 Å². The molecule has 3 rings (SSSR count). The van der Waals surface area contributed by atoms with E-state index in [4.69, 9.17) is 4.42 Å². The number of oxazole rings is 1. The Morgan fingerprint density at radius 1 is 1.20 bits per heavy atom. The van der Waals surface area contributed by atoms with Crippen LogP contribution in [0.15, 0.2) is 28.9 Å². The maximum Gasteiger partial charge on any atom is 0.226 e. The Kier molecular flexibility index (Phi) is 3.75. The Balaban J connectivity index is 1.73. The van der Waals surface area contributed by atoms with Gasteiger partial charge in [0.2, 0.25) is 5.89 Å². The summed E-state index contributed by atoms with van der Waals surface area (Å²) in [6.07, 6.45) is 1.57. The highest BCUT2D eigenvalue weighted by Crippen LogP contribution is 2.21. The van der Waals surface area contributed by atoms with E-state index < -0.39 is 11.6 Å². The van der Waals surface area contributed by atoms with Crippen molar-refractivity contribution in [2.75, 3.05) is 26.2 Å². The van der Waals surface area contributed by atoms with E-state index in [-0.39, 0.29) is 0 Å². The second-order valence-corrected chi connectivity index (χ2v) is 4.80. The molecule has 20 heavy (non-hydrogen) atoms. The summed E-state index contributed by atoms with van der Waals surface area (Å²) >= 11 is 0. The van der Waals surface area contributed by atoms with E-state index in [2.05, 4.69) is 15.2 Å². The van der Waals surface area contributed by atoms with Crippen molar-refractivity contribution in [1.29, 1.82) is 0 Å². The maximum atomic E-state index is 13.2. The molecule has 0 unspecified atom stereocenters. The van der Waals surface area contributed by atoms with Gasteiger partial charge in [0.25, 0.3) is 0 Å². The van der Waals surface area contributed by atoms with Crippen molar-refractivity contribution in [2.45, 2.75) is 6.54 Å². The van der Waals surface area contributed by atoms with Crippen molar-refractivity contribution in [2.24, 2.45) is 0 Å². The first-order valence-corrected chi connectivity index (χ1v) is 6.55. The molecule has 106 valence electrons. The summed E-state index contributed by atoms with van der Waals surface area (Å²) in [6.45, 7) is 4.57. The zero-order valence-corrected chi connectivity index (χ0v) is 10.9. The standard InChI is InChI=1S/C14H15F2N3O/c15-12-2-1-10(7-13(12)16)14-18-11(9-20-14)8-19-5-3-17-4-6-19/h1-2,7,9,17H,3-6,8H2. The molecule has 0 spiro atoms. The summed E-state index contributed by atoms with van der Waals surface area (Å²) in [7, 11) is 0. The molecule has 1 fully saturated rings. The van der Waals surface area contributed by atoms with Crippen LogP contribution in [0, 0.1) is 11.6 Å². The van der Waals surface area contributed by atoms with E-state index in [1.54, 1.807) is 6.26 Å². The molecular formula is C14H15F2N3O. The summed E-state index contributed by atoms with van der Waals surface area (Å²) in [4.78, 5) is 6.59. The van der Waals surface area contributed by atoms with Crippen molar-refractivity contribution in [3.05, 3.63) is 41.8 Å². The third-order valence-electron chi connectivity index (χ3n) is 3.31. The number of rotatable bonds is 3. The monoisotopic (exact) mass is 279 g/mol. The molecule has 6 heteroatoms. The Hall–Kier alpha value is -1.79. The minimum Gasteiger partial charge on any atom is -0.444 e. The number of hydrogen-bond acceptors (Lipinski definition) is 4. The van der Waals surface area contributed by atoms with Crippen LogP contribution in [0.2, 0.25) is 0 Å². The number of hydrogen-bond donors (Lipinski definition) is 1. The molecule has 1 aromatic heterocycles. The maximum absolute atomic E-state index is 13.2. The first-order valence-electron chi connectivity index (χ1n) is 6.55. The number of nitrogens with one attached hydrogen (secondary N) is 1. The molecular weight excluding hydrogens is 264 g/mol. The quantitative estimate of drug-likeness (QED) is 0.933. The highest BCUT2D eigenvalue weighted by atomic mass is 19.2. The molecule has 1 N–H and O–H groups in total. The molecule has 1 aliphatic heterocycles. The third kappa shape index (κ3) is 2.86. The van der Waals surface area contributed by atoms with Crippen LogP contribution in [-0.4, -0.2) is 36.1 Å². The van der Waals surface area contributed by atoms with Crippen molar-refractivity contribution >= 4 is 0 Å². The lowest BCUT2D eigenvalue weighted by molar-refractivity contribution is 0.230. The number of aromatic nitrogens is 1. The van der Waals surface area contributed by atoms with Gasteiger partial charge in [-0.2, -0.15) is 0 Å². The van der Waals surface area contributed by atoms with E-state index in [0.717, 1.165) is 44.0 Å². The molecule has 0 saturated carbocycles. The van der Waals surface area contributed by atoms with Gasteiger partial charge < -0.3 is 9.73 Å². The van der Waals surface area contributed by atoms with Gasteiger partial charge in [-0.15, -0.1) is 0 Å². The minimum atomic E-state index is -0.899. The Labute approximate surface area is 115 Å². The summed E-state index contributed by atoms with van der Waals surface area (Å²) in [5.74, 6) is -1.46. The second kappa shape index (κ2) is 5.68. The Bertz CT molecular complexity index is 594. The molecule has 0 radical (unpaired) electrons. The van der Waals surface area contributed by atoms with Gasteiger partial charge in [-0.1, -0.05) is 0 Å². The molecule has 2 aromatic rings. The fourth-order valence-corrected chi connectivity index (χ4v) is 2.24. The average molecular weight is 279 g/mol. The third-order valence-corrected chi connectivity index (χ3v) is 3.31. The first kappa shape index (κ1) is 13.2. The lowest BCUT2D eigenvalue weighted by Crippen LogP contribution is -2.42. The lowest BCUT2D eigenvalue weighted by atomic mass is 10.2. The fraction of sp³-hybridized carbons (Fsp3) is 0.357. The Morgan fingerprint density at radius 3 is 2.75 bits per heavy atom. The van der Waals surface area contributed by atoms with Gasteiger partial charge in [-0.05, 0) is 18.2 Å². The van der Waals surface area contributed by atoms with Crippen LogP contribution in [0.4, 0.5) is 8.78 Å². The van der Waals surface area contributed by atoms with Crippen LogP contribution in [0.1, 0.15) is 5.69 Å². The number of benzene rings is 1. The molecule has 0 bridgehead atoms. The van der Waals surface area contributed by atoms with Gasteiger partial charge >= 0.3 is 0 Å². The van der Waals surface area contributed by atoms with Crippen molar-refractivity contribution in [1.82, 2.24) is 15.2 Å². The van der Waals surface area contributed by atoms with E-state index in [1.807, 2.05) is 0 Å². The largest absolute Gasteiger partial charge is 0.444 e. The molecule has 1 saturated heterocycles. The fourth-order valence-electron chi connectivity index (χ4n) is 2.24. The minimum absolute atomic E-state index is 0.314.